The molecular formula is C20H24N2O2. The van der Waals surface area contributed by atoms with Crippen molar-refractivity contribution in [2.45, 2.75) is 37.9 Å². The number of piperidine rings is 1. The minimum atomic E-state index is 0.503. The molecule has 4 rings (SSSR count). The van der Waals surface area contributed by atoms with Gasteiger partial charge in [-0.25, -0.2) is 0 Å². The Bertz CT molecular complexity index is 676. The first-order valence-corrected chi connectivity index (χ1v) is 8.75. The van der Waals surface area contributed by atoms with E-state index in [1.165, 1.54) is 24.8 Å². The lowest BCUT2D eigenvalue weighted by Crippen LogP contribution is -2.43. The average molecular weight is 324 g/mol. The molecule has 0 radical (unpaired) electrons. The Balaban J connectivity index is 1.44. The van der Waals surface area contributed by atoms with Crippen LogP contribution in [0, 0.1) is 5.92 Å². The van der Waals surface area contributed by atoms with Crippen molar-refractivity contribution in [1.29, 1.82) is 0 Å². The van der Waals surface area contributed by atoms with E-state index < -0.39 is 0 Å². The van der Waals surface area contributed by atoms with E-state index in [0.717, 1.165) is 30.6 Å². The van der Waals surface area contributed by atoms with Crippen LogP contribution in [-0.4, -0.2) is 35.7 Å². The molecule has 1 saturated heterocycles. The van der Waals surface area contributed by atoms with Crippen molar-refractivity contribution < 1.29 is 9.47 Å². The third-order valence-corrected chi connectivity index (χ3v) is 5.46. The summed E-state index contributed by atoms with van der Waals surface area (Å²) in [6.07, 6.45) is 7.74. The highest BCUT2D eigenvalue weighted by Gasteiger charge is 2.45. The lowest BCUT2D eigenvalue weighted by Gasteiger charge is -2.35. The molecule has 24 heavy (non-hydrogen) atoms. The van der Waals surface area contributed by atoms with Crippen molar-refractivity contribution in [2.24, 2.45) is 5.92 Å². The van der Waals surface area contributed by atoms with Gasteiger partial charge in [-0.05, 0) is 55.0 Å². The van der Waals surface area contributed by atoms with Gasteiger partial charge in [0.25, 0.3) is 0 Å². The molecule has 0 spiro atoms. The Morgan fingerprint density at radius 3 is 2.79 bits per heavy atom. The van der Waals surface area contributed by atoms with Crippen LogP contribution in [0.2, 0.25) is 0 Å². The van der Waals surface area contributed by atoms with Gasteiger partial charge < -0.3 is 9.47 Å². The minimum absolute atomic E-state index is 0.503. The lowest BCUT2D eigenvalue weighted by molar-refractivity contribution is 0.0866. The number of fused-ring (bicyclic) bond motifs is 2. The number of methoxy groups -OCH3 is 1. The Labute approximate surface area is 143 Å². The van der Waals surface area contributed by atoms with Crippen LogP contribution < -0.4 is 9.47 Å². The molecule has 0 N–H and O–H groups in total. The molecule has 1 saturated carbocycles. The Kier molecular flexibility index (Phi) is 4.39. The van der Waals surface area contributed by atoms with E-state index in [0.29, 0.717) is 12.1 Å². The van der Waals surface area contributed by atoms with Gasteiger partial charge in [0.05, 0.1) is 7.11 Å². The van der Waals surface area contributed by atoms with Crippen molar-refractivity contribution in [3.63, 3.8) is 0 Å². The van der Waals surface area contributed by atoms with E-state index in [2.05, 4.69) is 22.0 Å². The fourth-order valence-corrected chi connectivity index (χ4v) is 4.23. The standard InChI is InChI=1S/C20H24N2O2/c1-23-18-3-2-4-19(12-18)24-14-20-16-5-6-17(11-16)22(20)13-15-7-9-21-10-8-15/h2-4,7-10,12,16-17,20H,5-6,11,13-14H2,1H3/t16-,17-,20-/m0/s1. The molecule has 126 valence electrons. The smallest absolute Gasteiger partial charge is 0.123 e. The third-order valence-electron chi connectivity index (χ3n) is 5.46. The first-order chi connectivity index (χ1) is 11.8. The van der Waals surface area contributed by atoms with Crippen molar-refractivity contribution in [3.05, 3.63) is 54.4 Å². The highest BCUT2D eigenvalue weighted by atomic mass is 16.5. The van der Waals surface area contributed by atoms with E-state index in [9.17, 15) is 0 Å². The summed E-state index contributed by atoms with van der Waals surface area (Å²) in [5, 5.41) is 0. The topological polar surface area (TPSA) is 34.6 Å². The summed E-state index contributed by atoms with van der Waals surface area (Å²) >= 11 is 0. The van der Waals surface area contributed by atoms with E-state index in [1.54, 1.807) is 7.11 Å². The molecule has 1 aromatic carbocycles. The molecule has 2 heterocycles. The van der Waals surface area contributed by atoms with Crippen LogP contribution in [0.5, 0.6) is 11.5 Å². The summed E-state index contributed by atoms with van der Waals surface area (Å²) in [5.41, 5.74) is 1.34. The van der Waals surface area contributed by atoms with Gasteiger partial charge in [-0.15, -0.1) is 0 Å². The molecule has 2 aliphatic rings. The van der Waals surface area contributed by atoms with Crippen molar-refractivity contribution in [3.8, 4) is 11.5 Å². The molecule has 1 aromatic heterocycles. The van der Waals surface area contributed by atoms with Crippen LogP contribution >= 0.6 is 0 Å². The molecule has 1 aliphatic carbocycles. The average Bonchev–Trinajstić information content (AvgIpc) is 3.23. The number of benzene rings is 1. The molecule has 4 nitrogen and oxygen atoms in total. The van der Waals surface area contributed by atoms with Gasteiger partial charge in [0.15, 0.2) is 0 Å². The molecule has 3 atom stereocenters. The van der Waals surface area contributed by atoms with Gasteiger partial charge >= 0.3 is 0 Å². The van der Waals surface area contributed by atoms with Gasteiger partial charge in [0.1, 0.15) is 18.1 Å². The zero-order valence-corrected chi connectivity index (χ0v) is 14.1. The predicted octanol–water partition coefficient (Wildman–Crippen LogP) is 3.52. The number of nitrogens with zero attached hydrogens (tertiary/aromatic N) is 2. The van der Waals surface area contributed by atoms with E-state index in [-0.39, 0.29) is 0 Å². The Morgan fingerprint density at radius 2 is 1.96 bits per heavy atom. The van der Waals surface area contributed by atoms with Crippen molar-refractivity contribution in [2.75, 3.05) is 13.7 Å². The molecule has 0 amide bonds. The van der Waals surface area contributed by atoms with Gasteiger partial charge in [-0.1, -0.05) is 6.07 Å². The Hall–Kier alpha value is -2.07. The second-order valence-electron chi connectivity index (χ2n) is 6.81. The van der Waals surface area contributed by atoms with Crippen molar-refractivity contribution >= 4 is 0 Å². The fourth-order valence-electron chi connectivity index (χ4n) is 4.23. The van der Waals surface area contributed by atoms with Gasteiger partial charge in [0.2, 0.25) is 0 Å². The normalized spacial score (nSPS) is 25.8. The summed E-state index contributed by atoms with van der Waals surface area (Å²) in [5.74, 6) is 2.50. The van der Waals surface area contributed by atoms with Gasteiger partial charge in [0, 0.05) is 37.1 Å². The highest BCUT2D eigenvalue weighted by molar-refractivity contribution is 5.32. The number of ether oxygens (including phenoxy) is 2. The molecule has 1 aliphatic heterocycles. The van der Waals surface area contributed by atoms with Crippen LogP contribution in [0.15, 0.2) is 48.8 Å². The maximum absolute atomic E-state index is 6.12. The summed E-state index contributed by atoms with van der Waals surface area (Å²) < 4.78 is 11.4. The quantitative estimate of drug-likeness (QED) is 0.814. The summed E-state index contributed by atoms with van der Waals surface area (Å²) in [7, 11) is 1.69. The molecule has 0 unspecified atom stereocenters. The highest BCUT2D eigenvalue weighted by Crippen LogP contribution is 2.43. The van der Waals surface area contributed by atoms with Crippen LogP contribution in [0.1, 0.15) is 24.8 Å². The number of pyridine rings is 1. The monoisotopic (exact) mass is 324 g/mol. The number of hydrogen-bond donors (Lipinski definition) is 0. The van der Waals surface area contributed by atoms with E-state index in [1.807, 2.05) is 36.7 Å². The second-order valence-corrected chi connectivity index (χ2v) is 6.81. The zero-order chi connectivity index (χ0) is 16.4. The van der Waals surface area contributed by atoms with Crippen LogP contribution in [0.4, 0.5) is 0 Å². The van der Waals surface area contributed by atoms with Crippen LogP contribution in [0.25, 0.3) is 0 Å². The maximum atomic E-state index is 6.12. The second kappa shape index (κ2) is 6.81. The van der Waals surface area contributed by atoms with Gasteiger partial charge in [-0.3, -0.25) is 9.88 Å². The molecule has 4 heteroatoms. The van der Waals surface area contributed by atoms with Crippen LogP contribution in [-0.2, 0) is 6.54 Å². The third kappa shape index (κ3) is 3.11. The number of rotatable bonds is 6. The summed E-state index contributed by atoms with van der Waals surface area (Å²) in [6, 6.07) is 13.3. The van der Waals surface area contributed by atoms with Gasteiger partial charge in [-0.2, -0.15) is 0 Å². The first kappa shape index (κ1) is 15.5. The van der Waals surface area contributed by atoms with E-state index >= 15 is 0 Å². The minimum Gasteiger partial charge on any atom is -0.497 e. The zero-order valence-electron chi connectivity index (χ0n) is 14.1. The lowest BCUT2D eigenvalue weighted by atomic mass is 9.99. The summed E-state index contributed by atoms with van der Waals surface area (Å²) in [6.45, 7) is 1.75. The number of aromatic nitrogens is 1. The maximum Gasteiger partial charge on any atom is 0.123 e. The largest absolute Gasteiger partial charge is 0.497 e. The molecule has 2 fully saturated rings. The first-order valence-electron chi connectivity index (χ1n) is 8.75. The number of likely N-dealkylation sites (tertiary alicyclic amines) is 1. The molecule has 2 bridgehead atoms. The number of hydrogen-bond acceptors (Lipinski definition) is 4. The van der Waals surface area contributed by atoms with E-state index in [4.69, 9.17) is 9.47 Å². The molecular weight excluding hydrogens is 300 g/mol. The summed E-state index contributed by atoms with van der Waals surface area (Å²) in [4.78, 5) is 6.77. The SMILES string of the molecule is COc1cccc(OC[C@H]2[C@H]3CC[C@@H](C3)N2Cc2ccncc2)c1. The van der Waals surface area contributed by atoms with Crippen LogP contribution in [0.3, 0.4) is 0 Å². The Morgan fingerprint density at radius 1 is 1.12 bits per heavy atom. The fraction of sp³-hybridized carbons (Fsp3) is 0.450. The molecule has 2 aromatic rings. The predicted molar refractivity (Wildman–Crippen MR) is 93.2 cm³/mol. The van der Waals surface area contributed by atoms with Crippen molar-refractivity contribution in [1.82, 2.24) is 9.88 Å².